The van der Waals surface area contributed by atoms with Gasteiger partial charge in [-0.2, -0.15) is 0 Å². The van der Waals surface area contributed by atoms with Crippen molar-refractivity contribution in [1.29, 1.82) is 0 Å². The summed E-state index contributed by atoms with van der Waals surface area (Å²) >= 11 is 0. The first-order chi connectivity index (χ1) is 10.7. The van der Waals surface area contributed by atoms with Gasteiger partial charge in [-0.05, 0) is 30.4 Å². The maximum absolute atomic E-state index is 5.64. The number of rotatable bonds is 8. The van der Waals surface area contributed by atoms with Gasteiger partial charge in [0.05, 0.1) is 12.3 Å². The van der Waals surface area contributed by atoms with Gasteiger partial charge < -0.3 is 4.74 Å². The average Bonchev–Trinajstić information content (AvgIpc) is 2.58. The van der Waals surface area contributed by atoms with Crippen LogP contribution in [0.5, 0.6) is 5.88 Å². The van der Waals surface area contributed by atoms with Crippen molar-refractivity contribution >= 4 is 0 Å². The monoisotopic (exact) mass is 298 g/mol. The number of ether oxygens (including phenoxy) is 1. The Hall–Kier alpha value is -1.90. The van der Waals surface area contributed by atoms with Crippen molar-refractivity contribution in [3.05, 3.63) is 42.0 Å². The number of hydrogen-bond donors (Lipinski definition) is 0. The smallest absolute Gasteiger partial charge is 0.233 e. The lowest BCUT2D eigenvalue weighted by atomic mass is 10.0. The molecule has 0 saturated carbocycles. The molecule has 1 aromatic heterocycles. The minimum Gasteiger partial charge on any atom is -0.476 e. The topological polar surface area (TPSA) is 35.0 Å². The summed E-state index contributed by atoms with van der Waals surface area (Å²) in [6.45, 7) is 7.24. The second kappa shape index (κ2) is 8.52. The molecule has 0 aliphatic carbocycles. The maximum Gasteiger partial charge on any atom is 0.233 e. The first-order valence-corrected chi connectivity index (χ1v) is 8.28. The Morgan fingerprint density at radius 3 is 2.36 bits per heavy atom. The van der Waals surface area contributed by atoms with Crippen molar-refractivity contribution in [2.75, 3.05) is 6.61 Å². The summed E-state index contributed by atoms with van der Waals surface area (Å²) in [5.41, 5.74) is 3.37. The molecule has 1 atom stereocenters. The first-order valence-electron chi connectivity index (χ1n) is 8.28. The van der Waals surface area contributed by atoms with Crippen molar-refractivity contribution in [2.24, 2.45) is 5.92 Å². The molecule has 0 N–H and O–H groups in total. The molecule has 0 saturated heterocycles. The predicted molar refractivity (Wildman–Crippen MR) is 91.0 cm³/mol. The largest absolute Gasteiger partial charge is 0.476 e. The van der Waals surface area contributed by atoms with Crippen LogP contribution in [0, 0.1) is 5.92 Å². The molecule has 0 spiro atoms. The van der Waals surface area contributed by atoms with Crippen molar-refractivity contribution in [1.82, 2.24) is 10.2 Å². The molecular formula is C19H26N2O. The predicted octanol–water partition coefficient (Wildman–Crippen LogP) is 4.91. The summed E-state index contributed by atoms with van der Waals surface area (Å²) in [5, 5.41) is 8.43. The van der Waals surface area contributed by atoms with E-state index in [-0.39, 0.29) is 0 Å². The highest BCUT2D eigenvalue weighted by atomic mass is 16.5. The average molecular weight is 298 g/mol. The van der Waals surface area contributed by atoms with Gasteiger partial charge in [0.25, 0.3) is 0 Å². The van der Waals surface area contributed by atoms with Crippen LogP contribution in [0.3, 0.4) is 0 Å². The molecule has 2 aromatic rings. The molecule has 0 aliphatic rings. The van der Waals surface area contributed by atoms with E-state index in [1.165, 1.54) is 18.4 Å². The summed E-state index contributed by atoms with van der Waals surface area (Å²) in [4.78, 5) is 0. The Morgan fingerprint density at radius 1 is 1.00 bits per heavy atom. The second-order valence-electron chi connectivity index (χ2n) is 5.88. The molecule has 2 rings (SSSR count). The first kappa shape index (κ1) is 16.5. The number of benzene rings is 1. The van der Waals surface area contributed by atoms with E-state index >= 15 is 0 Å². The molecular weight excluding hydrogens is 272 g/mol. The van der Waals surface area contributed by atoms with Crippen molar-refractivity contribution in [2.45, 2.75) is 46.5 Å². The Kier molecular flexibility index (Phi) is 6.38. The van der Waals surface area contributed by atoms with Gasteiger partial charge >= 0.3 is 0 Å². The highest BCUT2D eigenvalue weighted by molar-refractivity contribution is 5.58. The minimum atomic E-state index is 0.539. The van der Waals surface area contributed by atoms with Crippen molar-refractivity contribution in [3.8, 4) is 17.1 Å². The van der Waals surface area contributed by atoms with Crippen LogP contribution in [-0.4, -0.2) is 16.8 Å². The van der Waals surface area contributed by atoms with E-state index in [2.05, 4.69) is 55.2 Å². The molecule has 0 aliphatic heterocycles. The van der Waals surface area contributed by atoms with E-state index in [1.807, 2.05) is 12.1 Å². The van der Waals surface area contributed by atoms with E-state index in [9.17, 15) is 0 Å². The zero-order chi connectivity index (χ0) is 15.8. The third-order valence-electron chi connectivity index (χ3n) is 3.92. The van der Waals surface area contributed by atoms with Crippen molar-refractivity contribution in [3.63, 3.8) is 0 Å². The molecule has 118 valence electrons. The maximum atomic E-state index is 5.64. The summed E-state index contributed by atoms with van der Waals surface area (Å²) < 4.78 is 5.64. The fourth-order valence-electron chi connectivity index (χ4n) is 2.12. The summed E-state index contributed by atoms with van der Waals surface area (Å²) in [7, 11) is 0. The summed E-state index contributed by atoms with van der Waals surface area (Å²) in [5.74, 6) is 1.14. The van der Waals surface area contributed by atoms with Crippen LogP contribution in [0.15, 0.2) is 36.4 Å². The van der Waals surface area contributed by atoms with Gasteiger partial charge in [0.1, 0.15) is 0 Å². The zero-order valence-corrected chi connectivity index (χ0v) is 13.9. The fourth-order valence-corrected chi connectivity index (χ4v) is 2.12. The normalized spacial score (nSPS) is 12.1. The van der Waals surface area contributed by atoms with E-state index in [0.29, 0.717) is 18.4 Å². The highest BCUT2D eigenvalue weighted by Gasteiger charge is 2.04. The molecule has 0 amide bonds. The number of unbranched alkanes of at least 4 members (excludes halogenated alkanes) is 1. The van der Waals surface area contributed by atoms with Crippen LogP contribution in [0.25, 0.3) is 11.3 Å². The third kappa shape index (κ3) is 4.83. The van der Waals surface area contributed by atoms with Gasteiger partial charge in [-0.15, -0.1) is 10.2 Å². The Bertz CT molecular complexity index is 549. The zero-order valence-electron chi connectivity index (χ0n) is 13.9. The number of aromatic nitrogens is 2. The second-order valence-corrected chi connectivity index (χ2v) is 5.88. The van der Waals surface area contributed by atoms with Crippen LogP contribution < -0.4 is 4.74 Å². The molecule has 3 heteroatoms. The van der Waals surface area contributed by atoms with Gasteiger partial charge in [0.15, 0.2) is 0 Å². The van der Waals surface area contributed by atoms with Gasteiger partial charge in [0.2, 0.25) is 5.88 Å². The van der Waals surface area contributed by atoms with Gasteiger partial charge in [-0.3, -0.25) is 0 Å². The van der Waals surface area contributed by atoms with Crippen LogP contribution in [0.1, 0.15) is 45.6 Å². The van der Waals surface area contributed by atoms with E-state index in [1.54, 1.807) is 0 Å². The molecule has 1 aromatic carbocycles. The quantitative estimate of drug-likeness (QED) is 0.694. The number of aryl methyl sites for hydroxylation is 1. The molecule has 3 nitrogen and oxygen atoms in total. The highest BCUT2D eigenvalue weighted by Crippen LogP contribution is 2.19. The standard InChI is InChI=1S/C19H26N2O/c1-4-6-7-16-8-10-17(11-9-16)18-12-13-19(21-20-18)22-14-15(3)5-2/h8-13,15H,4-7,14H2,1-3H3. The molecule has 0 fully saturated rings. The molecule has 1 unspecified atom stereocenters. The molecule has 0 bridgehead atoms. The Balaban J connectivity index is 1.97. The summed E-state index contributed by atoms with van der Waals surface area (Å²) in [6.07, 6.45) is 4.72. The third-order valence-corrected chi connectivity index (χ3v) is 3.92. The van der Waals surface area contributed by atoms with Gasteiger partial charge in [-0.25, -0.2) is 0 Å². The van der Waals surface area contributed by atoms with Crippen LogP contribution in [0.4, 0.5) is 0 Å². The fraction of sp³-hybridized carbons (Fsp3) is 0.474. The molecule has 1 heterocycles. The Morgan fingerprint density at radius 2 is 1.77 bits per heavy atom. The lowest BCUT2D eigenvalue weighted by molar-refractivity contribution is 0.245. The van der Waals surface area contributed by atoms with Gasteiger partial charge in [-0.1, -0.05) is 57.9 Å². The van der Waals surface area contributed by atoms with Crippen LogP contribution in [-0.2, 0) is 6.42 Å². The molecule has 0 radical (unpaired) electrons. The lowest BCUT2D eigenvalue weighted by Gasteiger charge is -2.09. The SMILES string of the molecule is CCCCc1ccc(-c2ccc(OCC(C)CC)nn2)cc1. The number of nitrogens with zero attached hydrogens (tertiary/aromatic N) is 2. The number of hydrogen-bond acceptors (Lipinski definition) is 3. The minimum absolute atomic E-state index is 0.539. The van der Waals surface area contributed by atoms with Crippen molar-refractivity contribution < 1.29 is 4.74 Å². The van der Waals surface area contributed by atoms with E-state index in [0.717, 1.165) is 24.1 Å². The van der Waals surface area contributed by atoms with E-state index < -0.39 is 0 Å². The summed E-state index contributed by atoms with van der Waals surface area (Å²) in [6, 6.07) is 12.5. The molecule has 22 heavy (non-hydrogen) atoms. The lowest BCUT2D eigenvalue weighted by Crippen LogP contribution is -2.08. The van der Waals surface area contributed by atoms with Gasteiger partial charge in [0, 0.05) is 11.6 Å². The van der Waals surface area contributed by atoms with E-state index in [4.69, 9.17) is 4.74 Å². The Labute approximate surface area is 133 Å². The van der Waals surface area contributed by atoms with Crippen LogP contribution >= 0.6 is 0 Å². The van der Waals surface area contributed by atoms with Crippen LogP contribution in [0.2, 0.25) is 0 Å².